The van der Waals surface area contributed by atoms with Crippen molar-refractivity contribution in [1.82, 2.24) is 10.3 Å². The number of hydrogen-bond acceptors (Lipinski definition) is 2. The van der Waals surface area contributed by atoms with Crippen LogP contribution in [-0.2, 0) is 6.54 Å². The SMILES string of the molecule is CC1CC(C)CC(NCc2ccnc3ccccc23)C1. The van der Waals surface area contributed by atoms with E-state index in [0.29, 0.717) is 6.04 Å². The summed E-state index contributed by atoms with van der Waals surface area (Å²) in [6.45, 7) is 5.71. The van der Waals surface area contributed by atoms with Crippen LogP contribution >= 0.6 is 0 Å². The highest BCUT2D eigenvalue weighted by molar-refractivity contribution is 5.81. The number of nitrogens with one attached hydrogen (secondary N) is 1. The van der Waals surface area contributed by atoms with Crippen molar-refractivity contribution in [3.8, 4) is 0 Å². The van der Waals surface area contributed by atoms with Crippen molar-refractivity contribution in [3.63, 3.8) is 0 Å². The summed E-state index contributed by atoms with van der Waals surface area (Å²) < 4.78 is 0. The molecule has 2 heteroatoms. The highest BCUT2D eigenvalue weighted by Gasteiger charge is 2.23. The van der Waals surface area contributed by atoms with Gasteiger partial charge < -0.3 is 5.32 Å². The molecule has 1 N–H and O–H groups in total. The van der Waals surface area contributed by atoms with Crippen molar-refractivity contribution in [3.05, 3.63) is 42.1 Å². The number of fused-ring (bicyclic) bond motifs is 1. The van der Waals surface area contributed by atoms with Crippen LogP contribution in [0.3, 0.4) is 0 Å². The molecule has 1 aliphatic carbocycles. The Morgan fingerprint density at radius 1 is 1.05 bits per heavy atom. The zero-order valence-corrected chi connectivity index (χ0v) is 12.5. The normalized spacial score (nSPS) is 26.8. The van der Waals surface area contributed by atoms with E-state index in [1.807, 2.05) is 6.20 Å². The van der Waals surface area contributed by atoms with Crippen molar-refractivity contribution >= 4 is 10.9 Å². The third-order valence-electron chi connectivity index (χ3n) is 4.50. The molecule has 2 unspecified atom stereocenters. The molecule has 1 aromatic carbocycles. The lowest BCUT2D eigenvalue weighted by molar-refractivity contribution is 0.238. The maximum Gasteiger partial charge on any atom is 0.0705 e. The minimum Gasteiger partial charge on any atom is -0.310 e. The second kappa shape index (κ2) is 5.92. The van der Waals surface area contributed by atoms with Gasteiger partial charge in [-0.05, 0) is 48.8 Å². The van der Waals surface area contributed by atoms with Gasteiger partial charge in [0, 0.05) is 24.2 Å². The van der Waals surface area contributed by atoms with Crippen LogP contribution in [0.1, 0.15) is 38.7 Å². The van der Waals surface area contributed by atoms with Gasteiger partial charge in [-0.25, -0.2) is 0 Å². The van der Waals surface area contributed by atoms with Crippen LogP contribution in [0.15, 0.2) is 36.5 Å². The Labute approximate surface area is 121 Å². The van der Waals surface area contributed by atoms with E-state index in [2.05, 4.69) is 54.5 Å². The smallest absolute Gasteiger partial charge is 0.0705 e. The lowest BCUT2D eigenvalue weighted by Crippen LogP contribution is -2.35. The number of benzene rings is 1. The molecule has 0 saturated heterocycles. The second-order valence-electron chi connectivity index (χ2n) is 6.48. The number of nitrogens with zero attached hydrogens (tertiary/aromatic N) is 1. The predicted octanol–water partition coefficient (Wildman–Crippen LogP) is 4.15. The molecule has 0 bridgehead atoms. The zero-order valence-electron chi connectivity index (χ0n) is 12.5. The first-order chi connectivity index (χ1) is 9.72. The Kier molecular flexibility index (Phi) is 4.02. The summed E-state index contributed by atoms with van der Waals surface area (Å²) in [6.07, 6.45) is 5.93. The number of para-hydroxylation sites is 1. The first-order valence-electron chi connectivity index (χ1n) is 7.78. The number of aromatic nitrogens is 1. The Morgan fingerprint density at radius 2 is 1.80 bits per heavy atom. The molecule has 106 valence electrons. The molecule has 1 fully saturated rings. The Balaban J connectivity index is 1.71. The summed E-state index contributed by atoms with van der Waals surface area (Å²) in [7, 11) is 0. The van der Waals surface area contributed by atoms with Crippen molar-refractivity contribution < 1.29 is 0 Å². The largest absolute Gasteiger partial charge is 0.310 e. The fourth-order valence-electron chi connectivity index (χ4n) is 3.68. The molecular formula is C18H24N2. The Morgan fingerprint density at radius 3 is 2.60 bits per heavy atom. The van der Waals surface area contributed by atoms with Gasteiger partial charge >= 0.3 is 0 Å². The topological polar surface area (TPSA) is 24.9 Å². The molecule has 0 radical (unpaired) electrons. The van der Waals surface area contributed by atoms with Gasteiger partial charge in [0.1, 0.15) is 0 Å². The van der Waals surface area contributed by atoms with E-state index >= 15 is 0 Å². The molecule has 2 aromatic rings. The lowest BCUT2D eigenvalue weighted by atomic mass is 9.80. The van der Waals surface area contributed by atoms with Crippen LogP contribution < -0.4 is 5.32 Å². The van der Waals surface area contributed by atoms with Crippen LogP contribution in [-0.4, -0.2) is 11.0 Å². The summed E-state index contributed by atoms with van der Waals surface area (Å²) in [6, 6.07) is 11.2. The molecule has 1 aromatic heterocycles. The van der Waals surface area contributed by atoms with Gasteiger partial charge in [0.2, 0.25) is 0 Å². The van der Waals surface area contributed by atoms with Crippen LogP contribution in [0.5, 0.6) is 0 Å². The quantitative estimate of drug-likeness (QED) is 0.904. The van der Waals surface area contributed by atoms with Crippen molar-refractivity contribution in [1.29, 1.82) is 0 Å². The highest BCUT2D eigenvalue weighted by Crippen LogP contribution is 2.28. The first kappa shape index (κ1) is 13.6. The molecule has 2 atom stereocenters. The number of pyridine rings is 1. The van der Waals surface area contributed by atoms with Gasteiger partial charge in [0.15, 0.2) is 0 Å². The minimum atomic E-state index is 0.667. The molecule has 20 heavy (non-hydrogen) atoms. The van der Waals surface area contributed by atoms with E-state index in [1.54, 1.807) is 0 Å². The maximum absolute atomic E-state index is 4.43. The molecule has 1 saturated carbocycles. The number of rotatable bonds is 3. The van der Waals surface area contributed by atoms with Crippen molar-refractivity contribution in [2.75, 3.05) is 0 Å². The number of hydrogen-bond donors (Lipinski definition) is 1. The van der Waals surface area contributed by atoms with Crippen molar-refractivity contribution in [2.24, 2.45) is 11.8 Å². The molecule has 3 rings (SSSR count). The van der Waals surface area contributed by atoms with Crippen LogP contribution in [0.25, 0.3) is 10.9 Å². The van der Waals surface area contributed by atoms with Crippen molar-refractivity contribution in [2.45, 2.75) is 45.7 Å². The van der Waals surface area contributed by atoms with E-state index < -0.39 is 0 Å². The fourth-order valence-corrected chi connectivity index (χ4v) is 3.68. The summed E-state index contributed by atoms with van der Waals surface area (Å²) in [5.74, 6) is 1.70. The van der Waals surface area contributed by atoms with E-state index in [0.717, 1.165) is 23.9 Å². The summed E-state index contributed by atoms with van der Waals surface area (Å²) in [5, 5.41) is 5.04. The van der Waals surface area contributed by atoms with Gasteiger partial charge in [-0.3, -0.25) is 4.98 Å². The monoisotopic (exact) mass is 268 g/mol. The molecule has 0 aliphatic heterocycles. The summed E-state index contributed by atoms with van der Waals surface area (Å²) >= 11 is 0. The first-order valence-corrected chi connectivity index (χ1v) is 7.78. The third-order valence-corrected chi connectivity index (χ3v) is 4.50. The molecule has 1 aliphatic rings. The predicted molar refractivity (Wildman–Crippen MR) is 84.5 cm³/mol. The van der Waals surface area contributed by atoms with E-state index in [4.69, 9.17) is 0 Å². The van der Waals surface area contributed by atoms with Gasteiger partial charge in [-0.2, -0.15) is 0 Å². The average Bonchev–Trinajstić information content (AvgIpc) is 2.44. The van der Waals surface area contributed by atoms with Gasteiger partial charge in [-0.1, -0.05) is 32.0 Å². The zero-order chi connectivity index (χ0) is 13.9. The van der Waals surface area contributed by atoms with Gasteiger partial charge in [0.25, 0.3) is 0 Å². The summed E-state index contributed by atoms with van der Waals surface area (Å²) in [5.41, 5.74) is 2.46. The molecule has 1 heterocycles. The Hall–Kier alpha value is -1.41. The minimum absolute atomic E-state index is 0.667. The van der Waals surface area contributed by atoms with E-state index in [1.165, 1.54) is 30.2 Å². The van der Waals surface area contributed by atoms with Crippen LogP contribution in [0, 0.1) is 11.8 Å². The fraction of sp³-hybridized carbons (Fsp3) is 0.500. The third kappa shape index (κ3) is 3.01. The highest BCUT2D eigenvalue weighted by atomic mass is 14.9. The van der Waals surface area contributed by atoms with E-state index in [-0.39, 0.29) is 0 Å². The molecule has 0 amide bonds. The standard InChI is InChI=1S/C18H24N2/c1-13-9-14(2)11-16(10-13)20-12-15-7-8-19-18-6-4-3-5-17(15)18/h3-8,13-14,16,20H,9-12H2,1-2H3. The van der Waals surface area contributed by atoms with Crippen LogP contribution in [0.4, 0.5) is 0 Å². The van der Waals surface area contributed by atoms with Crippen LogP contribution in [0.2, 0.25) is 0 Å². The van der Waals surface area contributed by atoms with Gasteiger partial charge in [-0.15, -0.1) is 0 Å². The average molecular weight is 268 g/mol. The molecule has 2 nitrogen and oxygen atoms in total. The van der Waals surface area contributed by atoms with E-state index in [9.17, 15) is 0 Å². The summed E-state index contributed by atoms with van der Waals surface area (Å²) in [4.78, 5) is 4.43. The Bertz CT molecular complexity index is 563. The molecular weight excluding hydrogens is 244 g/mol. The molecule has 0 spiro atoms. The maximum atomic E-state index is 4.43. The lowest BCUT2D eigenvalue weighted by Gasteiger charge is -2.32. The second-order valence-corrected chi connectivity index (χ2v) is 6.48. The van der Waals surface area contributed by atoms with Gasteiger partial charge in [0.05, 0.1) is 5.52 Å².